The Bertz CT molecular complexity index is 1200. The number of methoxy groups -OCH3 is 1. The fraction of sp³-hybridized carbons (Fsp3) is 0.350. The lowest BCUT2D eigenvalue weighted by Gasteiger charge is -2.18. The lowest BCUT2D eigenvalue weighted by molar-refractivity contribution is -0.0694. The highest BCUT2D eigenvalue weighted by molar-refractivity contribution is 7.87. The summed E-state index contributed by atoms with van der Waals surface area (Å²) in [6.07, 6.45) is 0.164. The number of ether oxygens (including phenoxy) is 1. The predicted molar refractivity (Wildman–Crippen MR) is 131 cm³/mol. The molecule has 2 aromatic heterocycles. The normalized spacial score (nSPS) is 13.3. The summed E-state index contributed by atoms with van der Waals surface area (Å²) in [5.41, 5.74) is 3.66. The molecule has 0 unspecified atom stereocenters. The molecule has 5 N–H and O–H groups in total. The van der Waals surface area contributed by atoms with E-state index < -0.39 is 22.5 Å². The second-order valence-electron chi connectivity index (χ2n) is 7.13. The molecule has 0 aliphatic carbocycles. The van der Waals surface area contributed by atoms with E-state index in [4.69, 9.17) is 9.29 Å². The number of hydrogen-bond donors (Lipinski definition) is 5. The maximum Gasteiger partial charge on any atom is 0.357 e. The smallest absolute Gasteiger partial charge is 0.357 e. The Morgan fingerprint density at radius 2 is 1.97 bits per heavy atom. The van der Waals surface area contributed by atoms with E-state index in [0.29, 0.717) is 11.4 Å². The van der Waals surface area contributed by atoms with Crippen LogP contribution in [0.25, 0.3) is 0 Å². The van der Waals surface area contributed by atoms with Crippen LogP contribution in [0.3, 0.4) is 0 Å². The van der Waals surface area contributed by atoms with E-state index in [9.17, 15) is 18.3 Å². The Balaban J connectivity index is 1.80. The zero-order chi connectivity index (χ0) is 24.7. The number of aryl methyl sites for hydroxylation is 1. The number of benzene rings is 1. The summed E-state index contributed by atoms with van der Waals surface area (Å²) in [4.78, 5) is 21.4. The summed E-state index contributed by atoms with van der Waals surface area (Å²) in [5.74, 6) is -0.452. The van der Waals surface area contributed by atoms with Gasteiger partial charge in [-0.2, -0.15) is 8.42 Å². The van der Waals surface area contributed by atoms with Crippen molar-refractivity contribution >= 4 is 49.6 Å². The lowest BCUT2D eigenvalue weighted by Crippen LogP contribution is -2.33. The summed E-state index contributed by atoms with van der Waals surface area (Å²) >= 11 is 2.81. The molecule has 184 valence electrons. The van der Waals surface area contributed by atoms with E-state index in [2.05, 4.69) is 20.6 Å². The molecule has 11 nitrogen and oxygen atoms in total. The number of aliphatic hydroxyl groups excluding tert-OH is 1. The average Bonchev–Trinajstić information content (AvgIpc) is 3.46. The summed E-state index contributed by atoms with van der Waals surface area (Å²) < 4.78 is 37.7. The lowest BCUT2D eigenvalue weighted by atomic mass is 10.0. The largest absolute Gasteiger partial charge is 0.366 e. The first-order valence-electron chi connectivity index (χ1n) is 10.2. The van der Waals surface area contributed by atoms with Crippen LogP contribution < -0.4 is 15.4 Å². The van der Waals surface area contributed by atoms with Crippen molar-refractivity contribution in [2.24, 2.45) is 0 Å². The van der Waals surface area contributed by atoms with Crippen molar-refractivity contribution in [2.45, 2.75) is 32.1 Å². The third-order valence-electron chi connectivity index (χ3n) is 4.67. The van der Waals surface area contributed by atoms with Gasteiger partial charge in [0, 0.05) is 12.5 Å². The molecule has 0 aliphatic heterocycles. The van der Waals surface area contributed by atoms with Gasteiger partial charge in [-0.15, -0.1) is 22.7 Å². The van der Waals surface area contributed by atoms with Crippen LogP contribution in [0.4, 0.5) is 10.7 Å². The van der Waals surface area contributed by atoms with Gasteiger partial charge in [0.1, 0.15) is 5.00 Å². The molecule has 0 spiro atoms. The molecule has 0 radical (unpaired) electrons. The molecule has 1 amide bonds. The van der Waals surface area contributed by atoms with E-state index in [-0.39, 0.29) is 24.0 Å². The van der Waals surface area contributed by atoms with Crippen LogP contribution in [0.2, 0.25) is 0 Å². The zero-order valence-electron chi connectivity index (χ0n) is 18.4. The minimum atomic E-state index is -4.35. The second kappa shape index (κ2) is 11.7. The van der Waals surface area contributed by atoms with Crippen LogP contribution in [-0.4, -0.2) is 53.9 Å². The molecule has 3 aromatic rings. The maximum atomic E-state index is 12.6. The Labute approximate surface area is 205 Å². The van der Waals surface area contributed by atoms with Crippen LogP contribution in [0.15, 0.2) is 35.2 Å². The molecular weight excluding hydrogens is 502 g/mol. The number of thiazole rings is 2. The standard InChI is InChI=1S/C20H25N5O6S3/c1-3-16-23-15(10-32-16)14(8-12-4-6-13(7-5-12)25-34(28,29)30)24-20-18(22-11-33-20)19(27)21-9-17(26)31-2/h4-7,10-11,14,17,24-26H,3,8-9H2,1-2H3,(H,21,27)(H,28,29,30)/t14-,17-/m0/s1. The number of nitrogens with one attached hydrogen (secondary N) is 3. The molecule has 1 aromatic carbocycles. The molecule has 0 bridgehead atoms. The van der Waals surface area contributed by atoms with Gasteiger partial charge in [-0.1, -0.05) is 19.1 Å². The van der Waals surface area contributed by atoms with Gasteiger partial charge in [0.05, 0.1) is 34.5 Å². The van der Waals surface area contributed by atoms with Gasteiger partial charge in [0.25, 0.3) is 5.91 Å². The van der Waals surface area contributed by atoms with E-state index in [0.717, 1.165) is 22.7 Å². The molecule has 2 atom stereocenters. The van der Waals surface area contributed by atoms with Crippen molar-refractivity contribution in [1.82, 2.24) is 15.3 Å². The van der Waals surface area contributed by atoms with Crippen LogP contribution >= 0.6 is 22.7 Å². The first kappa shape index (κ1) is 26.0. The van der Waals surface area contributed by atoms with Crippen molar-refractivity contribution in [3.63, 3.8) is 0 Å². The van der Waals surface area contributed by atoms with E-state index in [1.807, 2.05) is 17.0 Å². The molecule has 0 fully saturated rings. The highest BCUT2D eigenvalue weighted by Crippen LogP contribution is 2.30. The Hall–Kier alpha value is -2.62. The number of aromatic nitrogens is 2. The first-order chi connectivity index (χ1) is 16.2. The fourth-order valence-corrected chi connectivity index (χ4v) is 4.95. The number of amides is 1. The fourth-order valence-electron chi connectivity index (χ4n) is 2.99. The number of aliphatic hydroxyl groups is 1. The van der Waals surface area contributed by atoms with Gasteiger partial charge in [-0.25, -0.2) is 9.97 Å². The third kappa shape index (κ3) is 7.44. The molecule has 14 heteroatoms. The maximum absolute atomic E-state index is 12.6. The number of carbonyl (C=O) groups is 1. The molecule has 0 saturated heterocycles. The average molecular weight is 528 g/mol. The molecular formula is C20H25N5O6S3. The van der Waals surface area contributed by atoms with Gasteiger partial charge in [0.15, 0.2) is 12.0 Å². The van der Waals surface area contributed by atoms with Gasteiger partial charge >= 0.3 is 10.3 Å². The summed E-state index contributed by atoms with van der Waals surface area (Å²) in [7, 11) is -3.02. The van der Waals surface area contributed by atoms with E-state index in [1.54, 1.807) is 41.1 Å². The van der Waals surface area contributed by atoms with E-state index >= 15 is 0 Å². The monoisotopic (exact) mass is 527 g/mol. The van der Waals surface area contributed by atoms with Crippen LogP contribution in [-0.2, 0) is 27.9 Å². The van der Waals surface area contributed by atoms with E-state index in [1.165, 1.54) is 18.4 Å². The predicted octanol–water partition coefficient (Wildman–Crippen LogP) is 2.47. The van der Waals surface area contributed by atoms with Crippen molar-refractivity contribution in [1.29, 1.82) is 0 Å². The Morgan fingerprint density at radius 3 is 2.59 bits per heavy atom. The Morgan fingerprint density at radius 1 is 1.24 bits per heavy atom. The molecule has 2 heterocycles. The topological polar surface area (TPSA) is 163 Å². The SMILES string of the molecule is CCc1nc([C@H](Cc2ccc(NS(=O)(=O)O)cc2)Nc2scnc2C(=O)NC[C@@H](O)OC)cs1. The highest BCUT2D eigenvalue weighted by atomic mass is 32.2. The highest BCUT2D eigenvalue weighted by Gasteiger charge is 2.22. The van der Waals surface area contributed by atoms with Gasteiger partial charge in [0.2, 0.25) is 0 Å². The number of nitrogens with zero attached hydrogens (tertiary/aromatic N) is 2. The molecule has 3 rings (SSSR count). The first-order valence-corrected chi connectivity index (χ1v) is 13.4. The van der Waals surface area contributed by atoms with Gasteiger partial charge in [-0.05, 0) is 30.5 Å². The Kier molecular flexibility index (Phi) is 8.93. The van der Waals surface area contributed by atoms with Crippen molar-refractivity contribution in [3.05, 3.63) is 57.1 Å². The summed E-state index contributed by atoms with van der Waals surface area (Å²) in [6.45, 7) is 1.94. The van der Waals surface area contributed by atoms with Gasteiger partial charge < -0.3 is 20.5 Å². The van der Waals surface area contributed by atoms with Crippen molar-refractivity contribution < 1.29 is 27.6 Å². The second-order valence-corrected chi connectivity index (χ2v) is 10.1. The number of rotatable bonds is 12. The van der Waals surface area contributed by atoms with Crippen LogP contribution in [0.5, 0.6) is 0 Å². The molecule has 34 heavy (non-hydrogen) atoms. The third-order valence-corrected chi connectivity index (χ3v) is 6.93. The minimum absolute atomic E-state index is 0.0778. The quantitative estimate of drug-likeness (QED) is 0.176. The number of carbonyl (C=O) groups excluding carboxylic acids is 1. The number of anilines is 2. The molecule has 0 aliphatic rings. The zero-order valence-corrected chi connectivity index (χ0v) is 20.8. The van der Waals surface area contributed by atoms with Crippen LogP contribution in [0.1, 0.15) is 39.7 Å². The summed E-state index contributed by atoms with van der Waals surface area (Å²) in [5, 5.41) is 18.9. The summed E-state index contributed by atoms with van der Waals surface area (Å²) in [6, 6.07) is 6.27. The van der Waals surface area contributed by atoms with Crippen molar-refractivity contribution in [2.75, 3.05) is 23.7 Å². The minimum Gasteiger partial charge on any atom is -0.366 e. The van der Waals surface area contributed by atoms with Gasteiger partial charge in [-0.3, -0.25) is 14.1 Å². The van der Waals surface area contributed by atoms with Crippen LogP contribution in [0, 0.1) is 0 Å². The molecule has 0 saturated carbocycles. The number of hydrogen-bond acceptors (Lipinski definition) is 10. The van der Waals surface area contributed by atoms with Crippen molar-refractivity contribution in [3.8, 4) is 0 Å².